The van der Waals surface area contributed by atoms with Crippen LogP contribution in [-0.4, -0.2) is 23.1 Å². The van der Waals surface area contributed by atoms with Crippen molar-refractivity contribution in [1.29, 1.82) is 0 Å². The van der Waals surface area contributed by atoms with Gasteiger partial charge in [0.25, 0.3) is 5.56 Å². The van der Waals surface area contributed by atoms with Gasteiger partial charge in [-0.15, -0.1) is 0 Å². The number of hydrogen-bond acceptors (Lipinski definition) is 4. The van der Waals surface area contributed by atoms with E-state index in [-0.39, 0.29) is 30.5 Å². The van der Waals surface area contributed by atoms with Crippen LogP contribution in [0.2, 0.25) is 0 Å². The summed E-state index contributed by atoms with van der Waals surface area (Å²) in [5, 5.41) is 2.49. The van der Waals surface area contributed by atoms with Gasteiger partial charge in [-0.3, -0.25) is 14.9 Å². The molecule has 1 aliphatic rings. The zero-order chi connectivity index (χ0) is 20.4. The van der Waals surface area contributed by atoms with Crippen LogP contribution in [0.15, 0.2) is 71.7 Å². The molecule has 0 aliphatic heterocycles. The Labute approximate surface area is 167 Å². The summed E-state index contributed by atoms with van der Waals surface area (Å²) >= 11 is 0. The summed E-state index contributed by atoms with van der Waals surface area (Å²) < 4.78 is 6.71. The van der Waals surface area contributed by atoms with E-state index in [2.05, 4.69) is 17.4 Å². The average Bonchev–Trinajstić information content (AvgIpc) is 3.03. The lowest BCUT2D eigenvalue weighted by Crippen LogP contribution is -2.28. The van der Waals surface area contributed by atoms with E-state index in [9.17, 15) is 14.4 Å². The van der Waals surface area contributed by atoms with Gasteiger partial charge in [-0.05, 0) is 41.3 Å². The Kier molecular flexibility index (Phi) is 4.99. The Morgan fingerprint density at radius 2 is 1.59 bits per heavy atom. The van der Waals surface area contributed by atoms with Crippen molar-refractivity contribution in [3.05, 3.63) is 88.3 Å². The van der Waals surface area contributed by atoms with Gasteiger partial charge in [0, 0.05) is 12.1 Å². The number of aromatic nitrogens is 1. The van der Waals surface area contributed by atoms with E-state index in [1.54, 1.807) is 6.07 Å². The maximum absolute atomic E-state index is 12.4. The minimum absolute atomic E-state index is 0.0426. The van der Waals surface area contributed by atoms with Crippen LogP contribution >= 0.6 is 0 Å². The number of Topliss-reactive ketones (excluding diaryl/α,β-unsaturated/α-hetero) is 1. The molecular weight excluding hydrogens is 368 g/mol. The molecule has 0 bridgehead atoms. The van der Waals surface area contributed by atoms with Gasteiger partial charge < -0.3 is 9.30 Å². The molecule has 1 heterocycles. The number of ether oxygens (including phenoxy) is 1. The average molecular weight is 388 g/mol. The fraction of sp³-hybridized carbons (Fsp3) is 0.174. The number of carbonyl (C=O) groups is 2. The molecule has 0 atom stereocenters. The number of nitrogens with one attached hydrogen (secondary N) is 1. The first kappa shape index (κ1) is 18.7. The molecule has 0 unspecified atom stereocenters. The van der Waals surface area contributed by atoms with E-state index >= 15 is 0 Å². The fourth-order valence-corrected chi connectivity index (χ4v) is 3.74. The standard InChI is InChI=1S/C23H20N2O4/c1-15(26)13-25-12-6-11-21(22(25)27)24-23(28)29-14-20-18-9-4-2-7-16(18)17-8-3-5-10-19(17)20/h2-12,20H,13-14H2,1H3,(H,24,28). The summed E-state index contributed by atoms with van der Waals surface area (Å²) in [4.78, 5) is 36.0. The van der Waals surface area contributed by atoms with E-state index in [0.29, 0.717) is 0 Å². The molecular formula is C23H20N2O4. The van der Waals surface area contributed by atoms with Crippen LogP contribution in [-0.2, 0) is 16.1 Å². The van der Waals surface area contributed by atoms with E-state index in [0.717, 1.165) is 22.3 Å². The van der Waals surface area contributed by atoms with Gasteiger partial charge in [-0.1, -0.05) is 48.5 Å². The first-order valence-electron chi connectivity index (χ1n) is 9.35. The number of nitrogens with zero attached hydrogens (tertiary/aromatic N) is 1. The van der Waals surface area contributed by atoms with E-state index in [1.165, 1.54) is 23.8 Å². The molecule has 1 aromatic heterocycles. The maximum Gasteiger partial charge on any atom is 0.411 e. The van der Waals surface area contributed by atoms with Crippen molar-refractivity contribution in [3.8, 4) is 11.1 Å². The highest BCUT2D eigenvalue weighted by atomic mass is 16.5. The second kappa shape index (κ2) is 7.75. The zero-order valence-corrected chi connectivity index (χ0v) is 15.9. The Bertz CT molecular complexity index is 1100. The van der Waals surface area contributed by atoms with Gasteiger partial charge in [-0.25, -0.2) is 4.79 Å². The third kappa shape index (κ3) is 3.69. The zero-order valence-electron chi connectivity index (χ0n) is 15.9. The summed E-state index contributed by atoms with van der Waals surface area (Å²) in [5.74, 6) is -0.205. The lowest BCUT2D eigenvalue weighted by molar-refractivity contribution is -0.117. The first-order valence-corrected chi connectivity index (χ1v) is 9.35. The highest BCUT2D eigenvalue weighted by Gasteiger charge is 2.29. The van der Waals surface area contributed by atoms with Gasteiger partial charge in [0.05, 0.1) is 6.54 Å². The first-order chi connectivity index (χ1) is 14.0. The van der Waals surface area contributed by atoms with Crippen LogP contribution in [0.5, 0.6) is 0 Å². The topological polar surface area (TPSA) is 77.4 Å². The molecule has 0 saturated carbocycles. The van der Waals surface area contributed by atoms with Gasteiger partial charge >= 0.3 is 6.09 Å². The molecule has 1 aliphatic carbocycles. The molecule has 0 fully saturated rings. The van der Waals surface area contributed by atoms with E-state index < -0.39 is 11.7 Å². The number of amides is 1. The highest BCUT2D eigenvalue weighted by molar-refractivity contribution is 5.85. The third-order valence-electron chi connectivity index (χ3n) is 4.99. The lowest BCUT2D eigenvalue weighted by Gasteiger charge is -2.14. The summed E-state index contributed by atoms with van der Waals surface area (Å²) in [5.41, 5.74) is 4.15. The monoisotopic (exact) mass is 388 g/mol. The largest absolute Gasteiger partial charge is 0.448 e. The summed E-state index contributed by atoms with van der Waals surface area (Å²) in [6.45, 7) is 1.52. The Balaban J connectivity index is 1.49. The molecule has 0 saturated heterocycles. The normalized spacial score (nSPS) is 12.2. The predicted molar refractivity (Wildman–Crippen MR) is 110 cm³/mol. The van der Waals surface area contributed by atoms with Crippen LogP contribution in [0.1, 0.15) is 24.0 Å². The Morgan fingerprint density at radius 1 is 0.966 bits per heavy atom. The quantitative estimate of drug-likeness (QED) is 0.721. The third-order valence-corrected chi connectivity index (χ3v) is 4.99. The van der Waals surface area contributed by atoms with Crippen molar-refractivity contribution in [1.82, 2.24) is 4.57 Å². The molecule has 6 heteroatoms. The van der Waals surface area contributed by atoms with Crippen molar-refractivity contribution in [2.75, 3.05) is 11.9 Å². The van der Waals surface area contributed by atoms with Crippen molar-refractivity contribution in [2.45, 2.75) is 19.4 Å². The van der Waals surface area contributed by atoms with Crippen molar-refractivity contribution >= 4 is 17.6 Å². The number of carbonyl (C=O) groups excluding carboxylic acids is 2. The number of pyridine rings is 1. The summed E-state index contributed by atoms with van der Waals surface area (Å²) in [6.07, 6.45) is 0.802. The molecule has 146 valence electrons. The molecule has 1 amide bonds. The van der Waals surface area contributed by atoms with Crippen LogP contribution in [0.3, 0.4) is 0 Å². The van der Waals surface area contributed by atoms with Gasteiger partial charge in [0.2, 0.25) is 0 Å². The van der Waals surface area contributed by atoms with E-state index in [4.69, 9.17) is 4.74 Å². The molecule has 0 radical (unpaired) electrons. The van der Waals surface area contributed by atoms with Crippen molar-refractivity contribution in [3.63, 3.8) is 0 Å². The molecule has 4 rings (SSSR count). The summed E-state index contributed by atoms with van der Waals surface area (Å²) in [7, 11) is 0. The number of benzene rings is 2. The Morgan fingerprint density at radius 3 is 2.21 bits per heavy atom. The minimum Gasteiger partial charge on any atom is -0.448 e. The number of ketones is 1. The van der Waals surface area contributed by atoms with Crippen LogP contribution in [0.4, 0.5) is 10.5 Å². The highest BCUT2D eigenvalue weighted by Crippen LogP contribution is 2.44. The molecule has 0 spiro atoms. The second-order valence-corrected chi connectivity index (χ2v) is 7.01. The van der Waals surface area contributed by atoms with Gasteiger partial charge in [0.1, 0.15) is 18.1 Å². The maximum atomic E-state index is 12.4. The second-order valence-electron chi connectivity index (χ2n) is 7.01. The minimum atomic E-state index is -0.704. The Hall–Kier alpha value is -3.67. The van der Waals surface area contributed by atoms with Crippen LogP contribution < -0.4 is 10.9 Å². The van der Waals surface area contributed by atoms with Crippen LogP contribution in [0, 0.1) is 0 Å². The van der Waals surface area contributed by atoms with Crippen molar-refractivity contribution < 1.29 is 14.3 Å². The smallest absolute Gasteiger partial charge is 0.411 e. The SMILES string of the molecule is CC(=O)Cn1cccc(NC(=O)OCC2c3ccccc3-c3ccccc32)c1=O. The number of rotatable bonds is 5. The lowest BCUT2D eigenvalue weighted by atomic mass is 9.98. The molecule has 3 aromatic rings. The van der Waals surface area contributed by atoms with Crippen molar-refractivity contribution in [2.24, 2.45) is 0 Å². The van der Waals surface area contributed by atoms with Gasteiger partial charge in [0.15, 0.2) is 0 Å². The number of hydrogen-bond donors (Lipinski definition) is 1. The number of fused-ring (bicyclic) bond motifs is 3. The predicted octanol–water partition coefficient (Wildman–Crippen LogP) is 3.80. The molecule has 29 heavy (non-hydrogen) atoms. The molecule has 6 nitrogen and oxygen atoms in total. The molecule has 2 aromatic carbocycles. The number of anilines is 1. The van der Waals surface area contributed by atoms with Crippen LogP contribution in [0.25, 0.3) is 11.1 Å². The van der Waals surface area contributed by atoms with E-state index in [1.807, 2.05) is 36.4 Å². The molecule has 1 N–H and O–H groups in total. The van der Waals surface area contributed by atoms with Gasteiger partial charge in [-0.2, -0.15) is 0 Å². The fourth-order valence-electron chi connectivity index (χ4n) is 3.74. The summed E-state index contributed by atoms with van der Waals surface area (Å²) in [6, 6.07) is 19.2.